The van der Waals surface area contributed by atoms with Crippen molar-refractivity contribution in [3.8, 4) is 6.07 Å². The van der Waals surface area contributed by atoms with Crippen LogP contribution >= 0.6 is 0 Å². The van der Waals surface area contributed by atoms with Crippen LogP contribution in [-0.2, 0) is 19.1 Å². The Balaban J connectivity index is 2.71. The minimum absolute atomic E-state index is 0.352. The highest BCUT2D eigenvalue weighted by Crippen LogP contribution is 2.40. The lowest BCUT2D eigenvalue weighted by atomic mass is 10.0. The second-order valence-corrected chi connectivity index (χ2v) is 5.00. The zero-order valence-electron chi connectivity index (χ0n) is 12.1. The van der Waals surface area contributed by atoms with Gasteiger partial charge in [-0.2, -0.15) is 18.4 Å². The van der Waals surface area contributed by atoms with Crippen molar-refractivity contribution in [2.24, 2.45) is 11.8 Å². The van der Waals surface area contributed by atoms with Crippen LogP contribution in [0.25, 0.3) is 0 Å². The van der Waals surface area contributed by atoms with Gasteiger partial charge in [0.15, 0.2) is 18.0 Å². The second-order valence-electron chi connectivity index (χ2n) is 5.00. The summed E-state index contributed by atoms with van der Waals surface area (Å²) in [5.74, 6) is -4.61. The first-order valence-electron chi connectivity index (χ1n) is 6.59. The normalized spacial score (nSPS) is 17.7. The third kappa shape index (κ3) is 4.96. The smallest absolute Gasteiger partial charge is 0.355 e. The number of rotatable bonds is 8. The molecule has 9 heteroatoms. The molecule has 1 aliphatic rings. The van der Waals surface area contributed by atoms with Gasteiger partial charge < -0.3 is 14.8 Å². The van der Waals surface area contributed by atoms with Gasteiger partial charge in [-0.1, -0.05) is 0 Å². The molecule has 6 nitrogen and oxygen atoms in total. The average molecular weight is 322 g/mol. The molecule has 0 bridgehead atoms. The van der Waals surface area contributed by atoms with Crippen LogP contribution in [0.5, 0.6) is 0 Å². The quantitative estimate of drug-likeness (QED) is 0.535. The van der Waals surface area contributed by atoms with E-state index in [-0.39, 0.29) is 0 Å². The van der Waals surface area contributed by atoms with E-state index in [4.69, 9.17) is 14.7 Å². The van der Waals surface area contributed by atoms with Crippen molar-refractivity contribution in [3.05, 3.63) is 0 Å². The van der Waals surface area contributed by atoms with Crippen LogP contribution in [-0.4, -0.2) is 44.4 Å². The molecule has 0 aromatic heterocycles. The predicted octanol–water partition coefficient (Wildman–Crippen LogP) is 1.16. The first-order chi connectivity index (χ1) is 10.2. The fourth-order valence-corrected chi connectivity index (χ4v) is 1.95. The van der Waals surface area contributed by atoms with Crippen LogP contribution in [0.15, 0.2) is 0 Å². The van der Waals surface area contributed by atoms with E-state index in [0.29, 0.717) is 12.8 Å². The molecule has 1 aliphatic carbocycles. The van der Waals surface area contributed by atoms with E-state index in [9.17, 15) is 22.8 Å². The van der Waals surface area contributed by atoms with Crippen LogP contribution in [0.4, 0.5) is 13.2 Å². The van der Waals surface area contributed by atoms with E-state index >= 15 is 0 Å². The van der Waals surface area contributed by atoms with Gasteiger partial charge in [-0.15, -0.1) is 0 Å². The van der Waals surface area contributed by atoms with Crippen molar-refractivity contribution in [1.82, 2.24) is 5.32 Å². The Morgan fingerprint density at radius 3 is 2.23 bits per heavy atom. The van der Waals surface area contributed by atoms with Gasteiger partial charge in [0, 0.05) is 14.2 Å². The Morgan fingerprint density at radius 2 is 1.86 bits per heavy atom. The highest BCUT2D eigenvalue weighted by atomic mass is 19.4. The van der Waals surface area contributed by atoms with E-state index in [2.05, 4.69) is 0 Å². The molecule has 0 aromatic rings. The topological polar surface area (TPSA) is 88.4 Å². The van der Waals surface area contributed by atoms with Crippen molar-refractivity contribution in [2.45, 2.75) is 37.8 Å². The minimum atomic E-state index is -4.61. The standard InChI is InChI=1S/C13H17F3N2O4/c1-21-10(22-2)5-9(19)8(6-17)12(20)18-11(7-3-4-7)13(14,15)16/h7-8,10-11H,3-5H2,1-2H3,(H,18,20). The number of carbonyl (C=O) groups excluding carboxylic acids is 2. The zero-order chi connectivity index (χ0) is 16.9. The molecule has 1 N–H and O–H groups in total. The molecule has 22 heavy (non-hydrogen) atoms. The summed E-state index contributed by atoms with van der Waals surface area (Å²) in [6, 6.07) is -0.593. The highest BCUT2D eigenvalue weighted by molar-refractivity contribution is 6.04. The number of hydrogen-bond acceptors (Lipinski definition) is 5. The highest BCUT2D eigenvalue weighted by Gasteiger charge is 2.50. The van der Waals surface area contributed by atoms with Gasteiger partial charge >= 0.3 is 6.18 Å². The number of halogens is 3. The molecular formula is C13H17F3N2O4. The summed E-state index contributed by atoms with van der Waals surface area (Å²) >= 11 is 0. The van der Waals surface area contributed by atoms with E-state index < -0.39 is 48.5 Å². The molecule has 0 saturated heterocycles. The van der Waals surface area contributed by atoms with Crippen LogP contribution in [0, 0.1) is 23.2 Å². The lowest BCUT2D eigenvalue weighted by Gasteiger charge is -2.22. The van der Waals surface area contributed by atoms with Crippen LogP contribution in [0.3, 0.4) is 0 Å². The maximum absolute atomic E-state index is 12.8. The molecule has 0 spiro atoms. The Kier molecular flexibility index (Phi) is 6.32. The van der Waals surface area contributed by atoms with E-state index in [0.717, 1.165) is 0 Å². The number of nitrogens with zero attached hydrogens (tertiary/aromatic N) is 1. The molecule has 1 saturated carbocycles. The summed E-state index contributed by atoms with van der Waals surface area (Å²) in [4.78, 5) is 23.7. The first kappa shape index (κ1) is 18.4. The van der Waals surface area contributed by atoms with E-state index in [1.807, 2.05) is 0 Å². The lowest BCUT2D eigenvalue weighted by Crippen LogP contribution is -2.50. The molecule has 1 rings (SSSR count). The fourth-order valence-electron chi connectivity index (χ4n) is 1.95. The largest absolute Gasteiger partial charge is 0.408 e. The minimum Gasteiger partial charge on any atom is -0.355 e. The van der Waals surface area contributed by atoms with Crippen LogP contribution < -0.4 is 5.32 Å². The van der Waals surface area contributed by atoms with Gasteiger partial charge in [-0.3, -0.25) is 9.59 Å². The fraction of sp³-hybridized carbons (Fsp3) is 0.769. The maximum Gasteiger partial charge on any atom is 0.408 e. The third-order valence-electron chi connectivity index (χ3n) is 3.35. The summed E-state index contributed by atoms with van der Waals surface area (Å²) in [5, 5.41) is 10.7. The van der Waals surface area contributed by atoms with Crippen LogP contribution in [0.2, 0.25) is 0 Å². The molecule has 0 aliphatic heterocycles. The molecule has 0 radical (unpaired) electrons. The van der Waals surface area contributed by atoms with Gasteiger partial charge in [0.25, 0.3) is 0 Å². The molecule has 0 aromatic carbocycles. The monoisotopic (exact) mass is 322 g/mol. The van der Waals surface area contributed by atoms with Crippen molar-refractivity contribution in [1.29, 1.82) is 5.26 Å². The zero-order valence-corrected chi connectivity index (χ0v) is 12.1. The second kappa shape index (κ2) is 7.56. The summed E-state index contributed by atoms with van der Waals surface area (Å²) in [5.41, 5.74) is 0. The summed E-state index contributed by atoms with van der Waals surface area (Å²) in [6.07, 6.45) is -5.27. The lowest BCUT2D eigenvalue weighted by molar-refractivity contribution is -0.167. The number of methoxy groups -OCH3 is 2. The number of amides is 1. The number of Topliss-reactive ketones (excluding diaryl/α,β-unsaturated/α-hetero) is 1. The third-order valence-corrected chi connectivity index (χ3v) is 3.35. The summed E-state index contributed by atoms with van der Waals surface area (Å²) in [7, 11) is 2.52. The SMILES string of the molecule is COC(CC(=O)C(C#N)C(=O)NC(C1CC1)C(F)(F)F)OC. The van der Waals surface area contributed by atoms with E-state index in [1.165, 1.54) is 20.3 Å². The van der Waals surface area contributed by atoms with Gasteiger partial charge in [-0.05, 0) is 18.8 Å². The number of nitrogens with one attached hydrogen (secondary N) is 1. The summed E-state index contributed by atoms with van der Waals surface area (Å²) < 4.78 is 48.0. The van der Waals surface area contributed by atoms with Crippen molar-refractivity contribution in [2.75, 3.05) is 14.2 Å². The molecule has 2 atom stereocenters. The van der Waals surface area contributed by atoms with Crippen molar-refractivity contribution >= 4 is 11.7 Å². The average Bonchev–Trinajstić information content (AvgIpc) is 3.26. The predicted molar refractivity (Wildman–Crippen MR) is 67.2 cm³/mol. The number of nitriles is 1. The molecule has 124 valence electrons. The molecular weight excluding hydrogens is 305 g/mol. The summed E-state index contributed by atoms with van der Waals surface area (Å²) in [6.45, 7) is 0. The number of ether oxygens (including phenoxy) is 2. The Bertz CT molecular complexity index is 453. The Morgan fingerprint density at radius 1 is 1.32 bits per heavy atom. The Labute approximate surface area is 125 Å². The molecule has 2 unspecified atom stereocenters. The van der Waals surface area contributed by atoms with Gasteiger partial charge in [0.1, 0.15) is 6.04 Å². The molecule has 1 amide bonds. The Hall–Kier alpha value is -1.66. The molecule has 0 heterocycles. The number of alkyl halides is 3. The molecule has 1 fully saturated rings. The van der Waals surface area contributed by atoms with Crippen LogP contribution in [0.1, 0.15) is 19.3 Å². The van der Waals surface area contributed by atoms with Gasteiger partial charge in [-0.25, -0.2) is 0 Å². The van der Waals surface area contributed by atoms with Crippen molar-refractivity contribution < 1.29 is 32.2 Å². The number of ketones is 1. The van der Waals surface area contributed by atoms with E-state index in [1.54, 1.807) is 5.32 Å². The first-order valence-corrected chi connectivity index (χ1v) is 6.59. The number of hydrogen-bond donors (Lipinski definition) is 1. The number of carbonyl (C=O) groups is 2. The van der Waals surface area contributed by atoms with Gasteiger partial charge in [0.05, 0.1) is 12.5 Å². The van der Waals surface area contributed by atoms with Crippen molar-refractivity contribution in [3.63, 3.8) is 0 Å². The van der Waals surface area contributed by atoms with Gasteiger partial charge in [0.2, 0.25) is 5.91 Å². The maximum atomic E-state index is 12.8.